The quantitative estimate of drug-likeness (QED) is 0.510. The zero-order chi connectivity index (χ0) is 19.5. The molecule has 7 heteroatoms. The van der Waals surface area contributed by atoms with Crippen molar-refractivity contribution in [1.82, 2.24) is 15.0 Å². The van der Waals surface area contributed by atoms with Crippen molar-refractivity contribution in [2.24, 2.45) is 0 Å². The highest BCUT2D eigenvalue weighted by Crippen LogP contribution is 2.32. The number of benzene rings is 3. The number of para-hydroxylation sites is 1. The summed E-state index contributed by atoms with van der Waals surface area (Å²) in [7, 11) is 0. The molecule has 0 aliphatic carbocycles. The molecule has 1 aromatic heterocycles. The van der Waals surface area contributed by atoms with Crippen LogP contribution in [-0.2, 0) is 0 Å². The lowest BCUT2D eigenvalue weighted by atomic mass is 10.1. The fourth-order valence-electron chi connectivity index (χ4n) is 2.79. The first kappa shape index (κ1) is 17.0. The van der Waals surface area contributed by atoms with Gasteiger partial charge in [0.25, 0.3) is 0 Å². The fraction of sp³-hybridized carbons (Fsp3) is 0. The molecule has 0 saturated heterocycles. The van der Waals surface area contributed by atoms with E-state index in [-0.39, 0.29) is 11.1 Å². The average molecular weight is 365 g/mol. The Balaban J connectivity index is 1.89. The number of carbonyl (C=O) groups excluding carboxylic acids is 1. The van der Waals surface area contributed by atoms with Gasteiger partial charge in [-0.1, -0.05) is 17.3 Å². The third-order valence-corrected chi connectivity index (χ3v) is 4.16. The SMILES string of the molecule is N#Cc1cc(Oc2ccc(C=O)cc2)c(-n2nnc3ccccc32)cc1C#N. The third-order valence-electron chi connectivity index (χ3n) is 4.16. The summed E-state index contributed by atoms with van der Waals surface area (Å²) in [6.07, 6.45) is 0.742. The number of carbonyl (C=O) groups is 1. The van der Waals surface area contributed by atoms with E-state index in [0.29, 0.717) is 28.3 Å². The average Bonchev–Trinajstić information content (AvgIpc) is 3.18. The number of aromatic nitrogens is 3. The van der Waals surface area contributed by atoms with Crippen LogP contribution in [0.25, 0.3) is 16.7 Å². The lowest BCUT2D eigenvalue weighted by molar-refractivity contribution is 0.112. The molecule has 0 N–H and O–H groups in total. The van der Waals surface area contributed by atoms with Crippen molar-refractivity contribution >= 4 is 17.3 Å². The molecule has 0 aliphatic rings. The number of ether oxygens (including phenoxy) is 1. The molecule has 0 unspecified atom stereocenters. The number of nitrogens with zero attached hydrogens (tertiary/aromatic N) is 5. The van der Waals surface area contributed by atoms with Gasteiger partial charge in [0, 0.05) is 11.6 Å². The minimum absolute atomic E-state index is 0.190. The van der Waals surface area contributed by atoms with Crippen LogP contribution < -0.4 is 4.74 Å². The third kappa shape index (κ3) is 2.94. The van der Waals surface area contributed by atoms with Crippen molar-refractivity contribution in [2.45, 2.75) is 0 Å². The van der Waals surface area contributed by atoms with Gasteiger partial charge in [0.1, 0.15) is 35.4 Å². The molecule has 4 aromatic rings. The van der Waals surface area contributed by atoms with E-state index < -0.39 is 0 Å². The molecule has 132 valence electrons. The summed E-state index contributed by atoms with van der Waals surface area (Å²) in [5.74, 6) is 0.815. The van der Waals surface area contributed by atoms with Crippen LogP contribution in [-0.4, -0.2) is 21.3 Å². The van der Waals surface area contributed by atoms with E-state index in [1.807, 2.05) is 36.4 Å². The minimum atomic E-state index is 0.190. The molecular formula is C21H11N5O2. The van der Waals surface area contributed by atoms with Crippen molar-refractivity contribution in [3.05, 3.63) is 77.4 Å². The van der Waals surface area contributed by atoms with Gasteiger partial charge in [-0.25, -0.2) is 4.68 Å². The van der Waals surface area contributed by atoms with E-state index in [2.05, 4.69) is 10.3 Å². The minimum Gasteiger partial charge on any atom is -0.455 e. The number of rotatable bonds is 4. The fourth-order valence-corrected chi connectivity index (χ4v) is 2.79. The first-order valence-corrected chi connectivity index (χ1v) is 8.25. The van der Waals surface area contributed by atoms with E-state index in [9.17, 15) is 15.3 Å². The zero-order valence-corrected chi connectivity index (χ0v) is 14.4. The molecule has 4 rings (SSSR count). The molecule has 1 heterocycles. The van der Waals surface area contributed by atoms with E-state index in [1.165, 1.54) is 6.07 Å². The van der Waals surface area contributed by atoms with Gasteiger partial charge in [0.15, 0.2) is 5.75 Å². The van der Waals surface area contributed by atoms with E-state index in [4.69, 9.17) is 4.74 Å². The number of hydrogen-bond donors (Lipinski definition) is 0. The molecule has 0 amide bonds. The Hall–Kier alpha value is -4.49. The highest BCUT2D eigenvalue weighted by Gasteiger charge is 2.16. The number of hydrogen-bond acceptors (Lipinski definition) is 6. The molecule has 0 radical (unpaired) electrons. The number of nitriles is 2. The van der Waals surface area contributed by atoms with Gasteiger partial charge >= 0.3 is 0 Å². The Morgan fingerprint density at radius 1 is 0.964 bits per heavy atom. The first-order valence-electron chi connectivity index (χ1n) is 8.25. The van der Waals surface area contributed by atoms with Crippen LogP contribution in [0.5, 0.6) is 11.5 Å². The summed E-state index contributed by atoms with van der Waals surface area (Å²) < 4.78 is 7.52. The van der Waals surface area contributed by atoms with Crippen molar-refractivity contribution in [2.75, 3.05) is 0 Å². The Kier molecular flexibility index (Phi) is 4.25. The summed E-state index contributed by atoms with van der Waals surface area (Å²) in [5.41, 5.74) is 2.82. The van der Waals surface area contributed by atoms with Gasteiger partial charge in [-0.05, 0) is 42.5 Å². The van der Waals surface area contributed by atoms with Crippen molar-refractivity contribution in [3.8, 4) is 29.3 Å². The first-order chi connectivity index (χ1) is 13.7. The van der Waals surface area contributed by atoms with Crippen LogP contribution in [0.4, 0.5) is 0 Å². The van der Waals surface area contributed by atoms with Gasteiger partial charge in [-0.15, -0.1) is 5.10 Å². The predicted octanol–water partition coefficient (Wildman–Crippen LogP) is 3.77. The molecule has 0 fully saturated rings. The van der Waals surface area contributed by atoms with Crippen LogP contribution >= 0.6 is 0 Å². The van der Waals surface area contributed by atoms with E-state index in [1.54, 1.807) is 35.0 Å². The highest BCUT2D eigenvalue weighted by molar-refractivity contribution is 5.77. The highest BCUT2D eigenvalue weighted by atomic mass is 16.5. The molecule has 0 aliphatic heterocycles. The van der Waals surface area contributed by atoms with Crippen LogP contribution in [0.15, 0.2) is 60.7 Å². The lowest BCUT2D eigenvalue weighted by Gasteiger charge is -2.13. The molecular weight excluding hydrogens is 354 g/mol. The van der Waals surface area contributed by atoms with Crippen LogP contribution in [0.3, 0.4) is 0 Å². The second-order valence-corrected chi connectivity index (χ2v) is 5.87. The second kappa shape index (κ2) is 7.02. The van der Waals surface area contributed by atoms with Crippen LogP contribution in [0.1, 0.15) is 21.5 Å². The summed E-state index contributed by atoms with van der Waals surface area (Å²) in [6, 6.07) is 21.0. The van der Waals surface area contributed by atoms with Gasteiger partial charge in [0.2, 0.25) is 0 Å². The van der Waals surface area contributed by atoms with Gasteiger partial charge in [0.05, 0.1) is 16.6 Å². The van der Waals surface area contributed by atoms with Gasteiger partial charge in [-0.2, -0.15) is 10.5 Å². The van der Waals surface area contributed by atoms with Crippen molar-refractivity contribution in [3.63, 3.8) is 0 Å². The molecule has 28 heavy (non-hydrogen) atoms. The Bertz CT molecular complexity index is 1280. The smallest absolute Gasteiger partial charge is 0.154 e. The second-order valence-electron chi connectivity index (χ2n) is 5.87. The lowest BCUT2D eigenvalue weighted by Crippen LogP contribution is -2.02. The van der Waals surface area contributed by atoms with Crippen molar-refractivity contribution < 1.29 is 9.53 Å². The summed E-state index contributed by atoms with van der Waals surface area (Å²) >= 11 is 0. The summed E-state index contributed by atoms with van der Waals surface area (Å²) in [4.78, 5) is 10.8. The maximum absolute atomic E-state index is 10.8. The van der Waals surface area contributed by atoms with E-state index in [0.717, 1.165) is 11.8 Å². The Morgan fingerprint density at radius 2 is 1.68 bits per heavy atom. The maximum atomic E-state index is 10.8. The maximum Gasteiger partial charge on any atom is 0.154 e. The monoisotopic (exact) mass is 365 g/mol. The topological polar surface area (TPSA) is 105 Å². The molecule has 0 bridgehead atoms. The Labute approximate surface area is 159 Å². The molecule has 0 atom stereocenters. The standard InChI is InChI=1S/C21H11N5O2/c22-11-15-9-20(26-19-4-2-1-3-18(19)24-25-26)21(10-16(15)12-23)28-17-7-5-14(13-27)6-8-17/h1-10,13H. The molecule has 3 aromatic carbocycles. The number of fused-ring (bicyclic) bond motifs is 1. The normalized spacial score (nSPS) is 10.2. The van der Waals surface area contributed by atoms with Crippen LogP contribution in [0, 0.1) is 22.7 Å². The molecule has 7 nitrogen and oxygen atoms in total. The molecule has 0 saturated carbocycles. The van der Waals surface area contributed by atoms with Crippen LogP contribution in [0.2, 0.25) is 0 Å². The van der Waals surface area contributed by atoms with Gasteiger partial charge in [-0.3, -0.25) is 4.79 Å². The zero-order valence-electron chi connectivity index (χ0n) is 14.4. The summed E-state index contributed by atoms with van der Waals surface area (Å²) in [5, 5.41) is 27.1. The van der Waals surface area contributed by atoms with Gasteiger partial charge < -0.3 is 4.74 Å². The molecule has 0 spiro atoms. The predicted molar refractivity (Wildman–Crippen MR) is 100 cm³/mol. The Morgan fingerprint density at radius 3 is 2.39 bits per heavy atom. The van der Waals surface area contributed by atoms with E-state index >= 15 is 0 Å². The largest absolute Gasteiger partial charge is 0.455 e. The summed E-state index contributed by atoms with van der Waals surface area (Å²) in [6.45, 7) is 0. The van der Waals surface area contributed by atoms with Crippen molar-refractivity contribution in [1.29, 1.82) is 10.5 Å². The number of aldehydes is 1.